The third-order valence-corrected chi connectivity index (χ3v) is 9.73. The van der Waals surface area contributed by atoms with Crippen LogP contribution in [0.4, 0.5) is 4.79 Å². The van der Waals surface area contributed by atoms with E-state index in [1.165, 1.54) is 4.90 Å². The molecule has 0 bridgehead atoms. The molecule has 1 fully saturated rings. The highest BCUT2D eigenvalue weighted by Gasteiger charge is 2.38. The largest absolute Gasteiger partial charge is 0.549 e. The number of amides is 1. The number of rotatable bonds is 8. The summed E-state index contributed by atoms with van der Waals surface area (Å²) in [5.74, 6) is 0.180. The van der Waals surface area contributed by atoms with Crippen LogP contribution >= 0.6 is 0 Å². The van der Waals surface area contributed by atoms with Gasteiger partial charge in [-0.25, -0.2) is 4.79 Å². The van der Waals surface area contributed by atoms with Gasteiger partial charge in [0.05, 0.1) is 18.8 Å². The smallest absolute Gasteiger partial charge is 0.411 e. The molecule has 6 heteroatoms. The summed E-state index contributed by atoms with van der Waals surface area (Å²) in [5.41, 5.74) is -0.0188. The molecule has 0 aliphatic heterocycles. The van der Waals surface area contributed by atoms with Crippen LogP contribution in [-0.4, -0.2) is 43.3 Å². The molecular formula is C22H39NO4Si. The van der Waals surface area contributed by atoms with Crippen LogP contribution in [0.15, 0.2) is 24.5 Å². The minimum atomic E-state index is -1.93. The van der Waals surface area contributed by atoms with Gasteiger partial charge in [-0.1, -0.05) is 27.4 Å². The maximum absolute atomic E-state index is 12.7. The third kappa shape index (κ3) is 7.45. The summed E-state index contributed by atoms with van der Waals surface area (Å²) in [7, 11) is -1.93. The molecule has 0 saturated heterocycles. The van der Waals surface area contributed by atoms with Crippen molar-refractivity contribution in [2.75, 3.05) is 6.54 Å². The number of ketones is 1. The number of Topliss-reactive ketones (excluding diaryl/α,β-unsaturated/α-hetero) is 1. The molecule has 5 nitrogen and oxygen atoms in total. The zero-order chi connectivity index (χ0) is 21.9. The highest BCUT2D eigenvalue weighted by atomic mass is 28.4. The predicted octanol–water partition coefficient (Wildman–Crippen LogP) is 5.68. The number of carbonyl (C=O) groups excluding carboxylic acids is 2. The minimum absolute atomic E-state index is 0.0319. The lowest BCUT2D eigenvalue weighted by atomic mass is 10.1. The quantitative estimate of drug-likeness (QED) is 0.294. The van der Waals surface area contributed by atoms with E-state index in [4.69, 9.17) is 9.16 Å². The van der Waals surface area contributed by atoms with E-state index < -0.39 is 20.0 Å². The molecule has 0 aromatic carbocycles. The maximum atomic E-state index is 12.7. The molecule has 0 N–H and O–H groups in total. The van der Waals surface area contributed by atoms with E-state index in [9.17, 15) is 9.59 Å². The monoisotopic (exact) mass is 409 g/mol. The first-order valence-corrected chi connectivity index (χ1v) is 13.0. The van der Waals surface area contributed by atoms with Gasteiger partial charge in [-0.3, -0.25) is 9.69 Å². The first-order valence-electron chi connectivity index (χ1n) is 10.1. The van der Waals surface area contributed by atoms with Gasteiger partial charge in [0, 0.05) is 0 Å². The number of carbonyl (C=O) groups is 2. The molecule has 1 aliphatic carbocycles. The van der Waals surface area contributed by atoms with Gasteiger partial charge >= 0.3 is 6.09 Å². The lowest BCUT2D eigenvalue weighted by Gasteiger charge is -2.35. The average molecular weight is 410 g/mol. The highest BCUT2D eigenvalue weighted by molar-refractivity contribution is 6.74. The standard InChI is InChI=1S/C22H39NO4Si/c1-16(13-14-26-28(9,10)22(6,7)8)23(20(25)27-21(3,4)5)15-19(24)17(2)18-11-12-18/h13-14,16,18H,2,11-12,15H2,1,3-10H3/t16-/m0/s1. The van der Waals surface area contributed by atoms with Crippen LogP contribution in [-0.2, 0) is 14.0 Å². The van der Waals surface area contributed by atoms with Gasteiger partial charge in [-0.2, -0.15) is 0 Å². The molecule has 0 heterocycles. The molecule has 0 unspecified atom stereocenters. The molecule has 0 aromatic rings. The Kier molecular flexibility index (Phi) is 7.73. The average Bonchev–Trinajstić information content (AvgIpc) is 3.32. The fraction of sp³-hybridized carbons (Fsp3) is 0.727. The molecule has 1 atom stereocenters. The summed E-state index contributed by atoms with van der Waals surface area (Å²) in [6.07, 6.45) is 5.01. The molecule has 28 heavy (non-hydrogen) atoms. The van der Waals surface area contributed by atoms with E-state index in [2.05, 4.69) is 40.4 Å². The zero-order valence-electron chi connectivity index (χ0n) is 19.2. The summed E-state index contributed by atoms with van der Waals surface area (Å²) >= 11 is 0. The van der Waals surface area contributed by atoms with Crippen molar-refractivity contribution in [2.24, 2.45) is 5.92 Å². The Hall–Kier alpha value is -1.56. The van der Waals surface area contributed by atoms with Gasteiger partial charge < -0.3 is 9.16 Å². The Bertz CT molecular complexity index is 621. The number of hydrogen-bond donors (Lipinski definition) is 0. The van der Waals surface area contributed by atoms with Gasteiger partial charge in [0.15, 0.2) is 5.78 Å². The van der Waals surface area contributed by atoms with E-state index in [1.807, 2.05) is 33.8 Å². The van der Waals surface area contributed by atoms with Crippen LogP contribution in [0.25, 0.3) is 0 Å². The molecule has 0 aromatic heterocycles. The molecule has 1 saturated carbocycles. The van der Waals surface area contributed by atoms with E-state index in [1.54, 1.807) is 6.26 Å². The van der Waals surface area contributed by atoms with Crippen LogP contribution in [0.1, 0.15) is 61.3 Å². The number of nitrogens with zero attached hydrogens (tertiary/aromatic N) is 1. The van der Waals surface area contributed by atoms with Crippen molar-refractivity contribution < 1.29 is 18.8 Å². The fourth-order valence-corrected chi connectivity index (χ4v) is 2.99. The minimum Gasteiger partial charge on any atom is -0.549 e. The third-order valence-electron chi connectivity index (χ3n) is 5.39. The second kappa shape index (κ2) is 8.85. The first kappa shape index (κ1) is 24.5. The van der Waals surface area contributed by atoms with Crippen molar-refractivity contribution in [3.63, 3.8) is 0 Å². The van der Waals surface area contributed by atoms with Crippen molar-refractivity contribution >= 4 is 20.2 Å². The molecule has 1 aliphatic rings. The van der Waals surface area contributed by atoms with Crippen molar-refractivity contribution in [3.05, 3.63) is 24.5 Å². The van der Waals surface area contributed by atoms with Crippen LogP contribution in [0, 0.1) is 5.92 Å². The van der Waals surface area contributed by atoms with Gasteiger partial charge in [-0.15, -0.1) is 0 Å². The Morgan fingerprint density at radius 1 is 1.18 bits per heavy atom. The molecule has 160 valence electrons. The first-order chi connectivity index (χ1) is 12.5. The fourth-order valence-electron chi connectivity index (χ4n) is 2.21. The lowest BCUT2D eigenvalue weighted by molar-refractivity contribution is -0.117. The van der Waals surface area contributed by atoms with Crippen molar-refractivity contribution in [2.45, 2.75) is 91.1 Å². The van der Waals surface area contributed by atoms with Crippen LogP contribution in [0.5, 0.6) is 0 Å². The summed E-state index contributed by atoms with van der Waals surface area (Å²) in [6.45, 7) is 22.0. The summed E-state index contributed by atoms with van der Waals surface area (Å²) in [5, 5.41) is 0.0867. The second-order valence-electron chi connectivity index (χ2n) is 10.3. The van der Waals surface area contributed by atoms with Crippen molar-refractivity contribution in [3.8, 4) is 0 Å². The van der Waals surface area contributed by atoms with Crippen LogP contribution < -0.4 is 0 Å². The predicted molar refractivity (Wildman–Crippen MR) is 117 cm³/mol. The summed E-state index contributed by atoms with van der Waals surface area (Å²) in [4.78, 5) is 26.7. The van der Waals surface area contributed by atoms with Gasteiger partial charge in [-0.05, 0) is 76.2 Å². The molecule has 1 amide bonds. The summed E-state index contributed by atoms with van der Waals surface area (Å²) in [6, 6.07) is -0.337. The number of hydrogen-bond acceptors (Lipinski definition) is 4. The Morgan fingerprint density at radius 2 is 1.71 bits per heavy atom. The highest BCUT2D eigenvalue weighted by Crippen LogP contribution is 2.37. The SMILES string of the molecule is C=C(C(=O)CN(C(=O)OC(C)(C)C)[C@@H](C)C=CO[Si](C)(C)C(C)(C)C)C1CC1. The van der Waals surface area contributed by atoms with Gasteiger partial charge in [0.2, 0.25) is 8.32 Å². The normalized spacial score (nSPS) is 16.6. The van der Waals surface area contributed by atoms with Gasteiger partial charge in [0.1, 0.15) is 5.60 Å². The van der Waals surface area contributed by atoms with Gasteiger partial charge in [0.25, 0.3) is 0 Å². The topological polar surface area (TPSA) is 55.8 Å². The lowest BCUT2D eigenvalue weighted by Crippen LogP contribution is -2.44. The Morgan fingerprint density at radius 3 is 2.14 bits per heavy atom. The molecule has 1 rings (SSSR count). The second-order valence-corrected chi connectivity index (χ2v) is 15.0. The maximum Gasteiger partial charge on any atom is 0.411 e. The van der Waals surface area contributed by atoms with E-state index in [0.717, 1.165) is 12.8 Å². The summed E-state index contributed by atoms with van der Waals surface area (Å²) < 4.78 is 11.6. The van der Waals surface area contributed by atoms with E-state index >= 15 is 0 Å². The Labute approximate surface area is 172 Å². The number of ether oxygens (including phenoxy) is 1. The molecule has 0 radical (unpaired) electrons. The van der Waals surface area contributed by atoms with Crippen LogP contribution in [0.3, 0.4) is 0 Å². The van der Waals surface area contributed by atoms with Crippen molar-refractivity contribution in [1.82, 2.24) is 4.90 Å². The molecular weight excluding hydrogens is 370 g/mol. The van der Waals surface area contributed by atoms with E-state index in [0.29, 0.717) is 5.57 Å². The Balaban J connectivity index is 2.89. The van der Waals surface area contributed by atoms with Crippen molar-refractivity contribution in [1.29, 1.82) is 0 Å². The van der Waals surface area contributed by atoms with Crippen LogP contribution in [0.2, 0.25) is 18.1 Å². The molecule has 0 spiro atoms. The van der Waals surface area contributed by atoms with E-state index in [-0.39, 0.29) is 29.3 Å². The zero-order valence-corrected chi connectivity index (χ0v) is 20.2.